The van der Waals surface area contributed by atoms with Gasteiger partial charge in [-0.2, -0.15) is 0 Å². The predicted octanol–water partition coefficient (Wildman–Crippen LogP) is 5.18. The summed E-state index contributed by atoms with van der Waals surface area (Å²) in [7, 11) is 2.54. The molecule has 1 aliphatic rings. The first kappa shape index (κ1) is 43.6. The number of carbonyl (C=O) groups is 4. The van der Waals surface area contributed by atoms with Gasteiger partial charge in [-0.15, -0.1) is 0 Å². The summed E-state index contributed by atoms with van der Waals surface area (Å²) < 4.78 is 30.7. The molecule has 0 bridgehead atoms. The van der Waals surface area contributed by atoms with Gasteiger partial charge in [0.1, 0.15) is 17.2 Å². The fourth-order valence-corrected chi connectivity index (χ4v) is 3.09. The monoisotopic (exact) mass is 706 g/mol. The van der Waals surface area contributed by atoms with E-state index in [1.165, 1.54) is 27.1 Å². The number of alkyl carbamates (subject to hydrolysis) is 2. The maximum absolute atomic E-state index is 11.6. The molecular formula is C28H55IN2O10. The van der Waals surface area contributed by atoms with Crippen molar-refractivity contribution < 1.29 is 47.6 Å². The van der Waals surface area contributed by atoms with E-state index in [4.69, 9.17) is 18.9 Å². The third-order valence-electron chi connectivity index (χ3n) is 4.63. The summed E-state index contributed by atoms with van der Waals surface area (Å²) in [5, 5.41) is 4.88. The summed E-state index contributed by atoms with van der Waals surface area (Å²) in [6, 6.07) is -1.50. The fraction of sp³-hybridized carbons (Fsp3) is 0.857. The molecule has 0 aromatic heterocycles. The quantitative estimate of drug-likeness (QED) is 0.102. The van der Waals surface area contributed by atoms with E-state index in [9.17, 15) is 19.2 Å². The molecule has 1 heterocycles. The van der Waals surface area contributed by atoms with Crippen molar-refractivity contribution in [3.63, 3.8) is 0 Å². The molecule has 0 radical (unpaired) electrons. The first-order valence-corrected chi connectivity index (χ1v) is 14.9. The Kier molecular flexibility index (Phi) is 25.2. The van der Waals surface area contributed by atoms with Crippen LogP contribution in [0, 0.1) is 0 Å². The van der Waals surface area contributed by atoms with E-state index in [1.54, 1.807) is 48.5 Å². The SMILES string of the molecule is C.CC1CCCO1.CCC(NC(=O)OC(C)(C)C)C(=O)OC.COC(=O)C(COCCCI)NC(=O)OC(C)(C)C. The number of alkyl halides is 1. The topological polar surface area (TPSA) is 148 Å². The molecule has 12 nitrogen and oxygen atoms in total. The highest BCUT2D eigenvalue weighted by molar-refractivity contribution is 14.1. The molecule has 0 aromatic carbocycles. The Morgan fingerprint density at radius 1 is 0.902 bits per heavy atom. The number of halogens is 1. The molecule has 41 heavy (non-hydrogen) atoms. The van der Waals surface area contributed by atoms with Crippen molar-refractivity contribution >= 4 is 46.7 Å². The molecule has 2 amide bonds. The molecule has 1 aliphatic heterocycles. The lowest BCUT2D eigenvalue weighted by Gasteiger charge is -2.22. The van der Waals surface area contributed by atoms with E-state index in [-0.39, 0.29) is 14.0 Å². The van der Waals surface area contributed by atoms with Crippen LogP contribution in [0.5, 0.6) is 0 Å². The van der Waals surface area contributed by atoms with Gasteiger partial charge in [0.05, 0.1) is 26.9 Å². The molecule has 1 rings (SSSR count). The van der Waals surface area contributed by atoms with Gasteiger partial charge in [-0.3, -0.25) is 0 Å². The van der Waals surface area contributed by atoms with Crippen molar-refractivity contribution in [2.45, 2.75) is 118 Å². The molecule has 1 fully saturated rings. The average molecular weight is 707 g/mol. The standard InChI is InChI=1S/C12H22INO5.C10H19NO4.C5H10O.CH4/c1-12(2,3)19-11(16)14-9(10(15)17-4)8-18-7-5-6-13;1-6-7(8(12)14-5)11-9(13)15-10(2,3)4;1-5-3-2-4-6-5;/h9H,5-8H2,1-4H3,(H,14,16);7H,6H2,1-5H3,(H,11,13);5H,2-4H2,1H3;1H4. The summed E-state index contributed by atoms with van der Waals surface area (Å²) in [5.74, 6) is -1.02. The number of carbonyl (C=O) groups excluding carboxylic acids is 4. The molecule has 0 aromatic rings. The zero-order chi connectivity index (χ0) is 31.4. The van der Waals surface area contributed by atoms with Crippen LogP contribution in [0.2, 0.25) is 0 Å². The molecule has 0 spiro atoms. The average Bonchev–Trinajstić information content (AvgIpc) is 3.32. The first-order chi connectivity index (χ1) is 18.5. The Balaban J connectivity index is -0.000000581. The van der Waals surface area contributed by atoms with Gasteiger partial charge in [0.15, 0.2) is 6.04 Å². The minimum absolute atomic E-state index is 0. The van der Waals surface area contributed by atoms with E-state index in [0.29, 0.717) is 19.1 Å². The van der Waals surface area contributed by atoms with Gasteiger partial charge in [0.25, 0.3) is 0 Å². The third kappa shape index (κ3) is 26.8. The fourth-order valence-electron chi connectivity index (χ4n) is 2.78. The number of nitrogens with one attached hydrogen (secondary N) is 2. The molecule has 1 saturated heterocycles. The number of rotatable bonds is 10. The molecule has 13 heteroatoms. The summed E-state index contributed by atoms with van der Waals surface area (Å²) in [5.41, 5.74) is -1.19. The maximum Gasteiger partial charge on any atom is 0.408 e. The number of ether oxygens (including phenoxy) is 6. The van der Waals surface area contributed by atoms with Crippen LogP contribution in [0.15, 0.2) is 0 Å². The van der Waals surface area contributed by atoms with Crippen molar-refractivity contribution in [2.24, 2.45) is 0 Å². The van der Waals surface area contributed by atoms with Gasteiger partial charge in [0, 0.05) is 17.6 Å². The van der Waals surface area contributed by atoms with Crippen LogP contribution in [0.3, 0.4) is 0 Å². The van der Waals surface area contributed by atoms with E-state index in [0.717, 1.165) is 17.5 Å². The van der Waals surface area contributed by atoms with Crippen molar-refractivity contribution in [3.8, 4) is 0 Å². The minimum atomic E-state index is -0.853. The van der Waals surface area contributed by atoms with Crippen LogP contribution in [0.1, 0.15) is 88.5 Å². The highest BCUT2D eigenvalue weighted by Crippen LogP contribution is 2.10. The minimum Gasteiger partial charge on any atom is -0.467 e. The summed E-state index contributed by atoms with van der Waals surface area (Å²) >= 11 is 2.24. The molecule has 0 aliphatic carbocycles. The number of hydrogen-bond acceptors (Lipinski definition) is 10. The molecular weight excluding hydrogens is 651 g/mol. The van der Waals surface area contributed by atoms with Crippen LogP contribution in [0.4, 0.5) is 9.59 Å². The van der Waals surface area contributed by atoms with Crippen LogP contribution in [0.25, 0.3) is 0 Å². The summed E-state index contributed by atoms with van der Waals surface area (Å²) in [4.78, 5) is 45.5. The highest BCUT2D eigenvalue weighted by Gasteiger charge is 2.25. The zero-order valence-corrected chi connectivity index (χ0v) is 28.0. The Morgan fingerprint density at radius 3 is 1.68 bits per heavy atom. The Bertz CT molecular complexity index is 732. The van der Waals surface area contributed by atoms with Crippen molar-refractivity contribution in [3.05, 3.63) is 0 Å². The third-order valence-corrected chi connectivity index (χ3v) is 5.39. The lowest BCUT2D eigenvalue weighted by atomic mass is 10.2. The Morgan fingerprint density at radius 2 is 1.37 bits per heavy atom. The smallest absolute Gasteiger partial charge is 0.408 e. The van der Waals surface area contributed by atoms with E-state index >= 15 is 0 Å². The largest absolute Gasteiger partial charge is 0.467 e. The van der Waals surface area contributed by atoms with Crippen LogP contribution < -0.4 is 10.6 Å². The Labute approximate surface area is 260 Å². The van der Waals surface area contributed by atoms with Gasteiger partial charge in [-0.1, -0.05) is 36.9 Å². The van der Waals surface area contributed by atoms with Crippen molar-refractivity contribution in [1.82, 2.24) is 10.6 Å². The zero-order valence-electron chi connectivity index (χ0n) is 25.8. The normalized spacial score (nSPS) is 15.6. The van der Waals surface area contributed by atoms with E-state index in [1.807, 2.05) is 0 Å². The maximum atomic E-state index is 11.6. The van der Waals surface area contributed by atoms with Gasteiger partial charge < -0.3 is 39.1 Å². The van der Waals surface area contributed by atoms with Crippen molar-refractivity contribution in [1.29, 1.82) is 0 Å². The van der Waals surface area contributed by atoms with E-state index in [2.05, 4.69) is 49.6 Å². The number of hydrogen-bond donors (Lipinski definition) is 2. The molecule has 3 unspecified atom stereocenters. The number of esters is 2. The van der Waals surface area contributed by atoms with Gasteiger partial charge >= 0.3 is 24.1 Å². The molecule has 244 valence electrons. The second-order valence-electron chi connectivity index (χ2n) is 10.8. The summed E-state index contributed by atoms with van der Waals surface area (Å²) in [6.45, 7) is 16.0. The van der Waals surface area contributed by atoms with Gasteiger partial charge in [-0.25, -0.2) is 19.2 Å². The lowest BCUT2D eigenvalue weighted by molar-refractivity contribution is -0.145. The van der Waals surface area contributed by atoms with Crippen LogP contribution >= 0.6 is 22.6 Å². The molecule has 2 N–H and O–H groups in total. The molecule has 3 atom stereocenters. The van der Waals surface area contributed by atoms with Crippen LogP contribution in [-0.4, -0.2) is 92.0 Å². The second-order valence-corrected chi connectivity index (χ2v) is 11.9. The number of methoxy groups -OCH3 is 2. The van der Waals surface area contributed by atoms with Crippen LogP contribution in [-0.2, 0) is 38.0 Å². The Hall–Kier alpha value is -1.87. The highest BCUT2D eigenvalue weighted by atomic mass is 127. The predicted molar refractivity (Wildman–Crippen MR) is 166 cm³/mol. The first-order valence-electron chi connectivity index (χ1n) is 13.4. The van der Waals surface area contributed by atoms with Gasteiger partial charge in [-0.05, 0) is 74.1 Å². The molecule has 0 saturated carbocycles. The summed E-state index contributed by atoms with van der Waals surface area (Å²) in [6.07, 6.45) is 3.15. The number of amides is 2. The second kappa shape index (κ2) is 23.7. The van der Waals surface area contributed by atoms with E-state index < -0.39 is 47.4 Å². The van der Waals surface area contributed by atoms with Crippen molar-refractivity contribution in [2.75, 3.05) is 38.5 Å². The lowest BCUT2D eigenvalue weighted by Crippen LogP contribution is -2.46. The van der Waals surface area contributed by atoms with Gasteiger partial charge in [0.2, 0.25) is 0 Å².